The van der Waals surface area contributed by atoms with E-state index in [0.717, 1.165) is 0 Å². The molecule has 0 aliphatic carbocycles. The van der Waals surface area contributed by atoms with E-state index in [0.29, 0.717) is 4.47 Å². The number of nitriles is 1. The summed E-state index contributed by atoms with van der Waals surface area (Å²) >= 11 is 3.19. The van der Waals surface area contributed by atoms with Crippen molar-refractivity contribution in [3.05, 3.63) is 22.3 Å². The minimum atomic E-state index is -0.635. The molecule has 1 aromatic heterocycles. The molecule has 0 atom stereocenters. The number of hydrogen-bond donors (Lipinski definition) is 1. The number of anilines is 1. The average Bonchev–Trinajstić information content (AvgIpc) is 2.17. The van der Waals surface area contributed by atoms with Gasteiger partial charge in [-0.15, -0.1) is 0 Å². The van der Waals surface area contributed by atoms with Gasteiger partial charge in [0.05, 0.1) is 5.56 Å². The molecule has 0 bridgehead atoms. The lowest BCUT2D eigenvalue weighted by Crippen LogP contribution is -2.27. The third-order valence-corrected chi connectivity index (χ3v) is 2.03. The normalized spacial score (nSPS) is 10.5. The summed E-state index contributed by atoms with van der Waals surface area (Å²) in [5, 5.41) is 11.3. The highest BCUT2D eigenvalue weighted by Crippen LogP contribution is 2.18. The predicted molar refractivity (Wildman–Crippen MR) is 66.5 cm³/mol. The predicted octanol–water partition coefficient (Wildman–Crippen LogP) is 3.06. The Labute approximate surface area is 108 Å². The molecular weight excluding hydrogens is 286 g/mol. The molecule has 6 heteroatoms. The van der Waals surface area contributed by atoms with Crippen molar-refractivity contribution < 1.29 is 9.53 Å². The van der Waals surface area contributed by atoms with E-state index in [1.807, 2.05) is 6.07 Å². The Morgan fingerprint density at radius 2 is 2.24 bits per heavy atom. The van der Waals surface area contributed by atoms with Gasteiger partial charge in [-0.1, -0.05) is 0 Å². The van der Waals surface area contributed by atoms with Crippen molar-refractivity contribution >= 4 is 27.8 Å². The lowest BCUT2D eigenvalue weighted by atomic mass is 10.2. The Hall–Kier alpha value is -1.61. The van der Waals surface area contributed by atoms with Gasteiger partial charge in [0.15, 0.2) is 5.82 Å². The van der Waals surface area contributed by atoms with Crippen molar-refractivity contribution in [1.82, 2.24) is 4.98 Å². The topological polar surface area (TPSA) is 75.0 Å². The average molecular weight is 298 g/mol. The molecule has 0 unspecified atom stereocenters. The maximum atomic E-state index is 11.5. The fourth-order valence-corrected chi connectivity index (χ4v) is 1.36. The number of ether oxygens (including phenoxy) is 1. The first-order valence-corrected chi connectivity index (χ1v) is 5.67. The standard InChI is InChI=1S/C11H12BrN3O2/c1-11(2,3)17-10(16)15-9-7(5-13)4-8(12)6-14-9/h4,6H,1-3H3,(H,14,15,16). The highest BCUT2D eigenvalue weighted by atomic mass is 79.9. The molecule has 0 radical (unpaired) electrons. The number of rotatable bonds is 1. The van der Waals surface area contributed by atoms with E-state index in [9.17, 15) is 4.79 Å². The van der Waals surface area contributed by atoms with E-state index in [-0.39, 0.29) is 11.4 Å². The van der Waals surface area contributed by atoms with Crippen LogP contribution in [0.1, 0.15) is 26.3 Å². The number of carbonyl (C=O) groups excluding carboxylic acids is 1. The fraction of sp³-hybridized carbons (Fsp3) is 0.364. The third kappa shape index (κ3) is 4.41. The van der Waals surface area contributed by atoms with Crippen LogP contribution in [-0.4, -0.2) is 16.7 Å². The molecule has 0 saturated carbocycles. The van der Waals surface area contributed by atoms with Crippen LogP contribution >= 0.6 is 15.9 Å². The maximum absolute atomic E-state index is 11.5. The van der Waals surface area contributed by atoms with E-state index in [2.05, 4.69) is 26.2 Å². The summed E-state index contributed by atoms with van der Waals surface area (Å²) in [6.45, 7) is 5.27. The Morgan fingerprint density at radius 3 is 2.76 bits per heavy atom. The molecule has 1 rings (SSSR count). The molecule has 0 aromatic carbocycles. The first kappa shape index (κ1) is 13.5. The molecule has 5 nitrogen and oxygen atoms in total. The summed E-state index contributed by atoms with van der Waals surface area (Å²) in [5.41, 5.74) is -0.322. The van der Waals surface area contributed by atoms with E-state index >= 15 is 0 Å². The Kier molecular flexibility index (Phi) is 4.07. The van der Waals surface area contributed by atoms with Crippen LogP contribution in [0.15, 0.2) is 16.7 Å². The molecule has 90 valence electrons. The van der Waals surface area contributed by atoms with E-state index < -0.39 is 11.7 Å². The van der Waals surface area contributed by atoms with Gasteiger partial charge < -0.3 is 4.74 Å². The van der Waals surface area contributed by atoms with Gasteiger partial charge in [-0.2, -0.15) is 5.26 Å². The van der Waals surface area contributed by atoms with Gasteiger partial charge in [-0.05, 0) is 42.8 Å². The van der Waals surface area contributed by atoms with Crippen molar-refractivity contribution in [2.45, 2.75) is 26.4 Å². The van der Waals surface area contributed by atoms with Crippen molar-refractivity contribution in [2.24, 2.45) is 0 Å². The third-order valence-electron chi connectivity index (χ3n) is 1.59. The number of amides is 1. The summed E-state index contributed by atoms with van der Waals surface area (Å²) in [7, 11) is 0. The lowest BCUT2D eigenvalue weighted by Gasteiger charge is -2.19. The molecular formula is C11H12BrN3O2. The molecule has 17 heavy (non-hydrogen) atoms. The van der Waals surface area contributed by atoms with Crippen molar-refractivity contribution in [1.29, 1.82) is 5.26 Å². The summed E-state index contributed by atoms with van der Waals surface area (Å²) < 4.78 is 5.73. The van der Waals surface area contributed by atoms with Crippen LogP contribution in [-0.2, 0) is 4.74 Å². The van der Waals surface area contributed by atoms with Crippen LogP contribution < -0.4 is 5.32 Å². The maximum Gasteiger partial charge on any atom is 0.413 e. The Balaban J connectivity index is 2.83. The van der Waals surface area contributed by atoms with E-state index in [4.69, 9.17) is 10.00 Å². The van der Waals surface area contributed by atoms with E-state index in [1.54, 1.807) is 26.8 Å². The number of nitrogens with zero attached hydrogens (tertiary/aromatic N) is 2. The molecule has 1 heterocycles. The number of pyridine rings is 1. The quantitative estimate of drug-likeness (QED) is 0.864. The second-order valence-electron chi connectivity index (χ2n) is 4.29. The summed E-state index contributed by atoms with van der Waals surface area (Å²) in [5.74, 6) is 0.185. The van der Waals surface area contributed by atoms with Crippen LogP contribution in [0.4, 0.5) is 10.6 Å². The monoisotopic (exact) mass is 297 g/mol. The number of carbonyl (C=O) groups is 1. The number of hydrogen-bond acceptors (Lipinski definition) is 4. The van der Waals surface area contributed by atoms with Crippen molar-refractivity contribution in [3.8, 4) is 6.07 Å². The molecule has 0 aliphatic rings. The highest BCUT2D eigenvalue weighted by molar-refractivity contribution is 9.10. The van der Waals surface area contributed by atoms with Gasteiger partial charge in [-0.3, -0.25) is 5.32 Å². The van der Waals surface area contributed by atoms with Crippen LogP contribution in [0, 0.1) is 11.3 Å². The van der Waals surface area contributed by atoms with Crippen LogP contribution in [0.25, 0.3) is 0 Å². The summed E-state index contributed by atoms with van der Waals surface area (Å²) in [4.78, 5) is 15.4. The molecule has 0 fully saturated rings. The van der Waals surface area contributed by atoms with Gasteiger partial charge in [0.25, 0.3) is 0 Å². The summed E-state index contributed by atoms with van der Waals surface area (Å²) in [6, 6.07) is 3.51. The number of aromatic nitrogens is 1. The Bertz CT molecular complexity index is 475. The number of nitrogens with one attached hydrogen (secondary N) is 1. The van der Waals surface area contributed by atoms with E-state index in [1.165, 1.54) is 6.20 Å². The second kappa shape index (κ2) is 5.15. The molecule has 0 aliphatic heterocycles. The van der Waals surface area contributed by atoms with Crippen LogP contribution in [0.2, 0.25) is 0 Å². The lowest BCUT2D eigenvalue weighted by molar-refractivity contribution is 0.0635. The first-order chi connectivity index (χ1) is 7.81. The Morgan fingerprint density at radius 1 is 1.59 bits per heavy atom. The molecule has 1 amide bonds. The van der Waals surface area contributed by atoms with Gasteiger partial charge in [0.2, 0.25) is 0 Å². The minimum absolute atomic E-state index is 0.185. The molecule has 1 N–H and O–H groups in total. The SMILES string of the molecule is CC(C)(C)OC(=O)Nc1ncc(Br)cc1C#N. The first-order valence-electron chi connectivity index (χ1n) is 4.87. The zero-order valence-electron chi connectivity index (χ0n) is 9.74. The zero-order chi connectivity index (χ0) is 13.1. The zero-order valence-corrected chi connectivity index (χ0v) is 11.3. The second-order valence-corrected chi connectivity index (χ2v) is 5.20. The van der Waals surface area contributed by atoms with Crippen LogP contribution in [0.3, 0.4) is 0 Å². The largest absolute Gasteiger partial charge is 0.444 e. The van der Waals surface area contributed by atoms with Gasteiger partial charge >= 0.3 is 6.09 Å². The van der Waals surface area contributed by atoms with Gasteiger partial charge in [0.1, 0.15) is 11.7 Å². The van der Waals surface area contributed by atoms with Crippen molar-refractivity contribution in [2.75, 3.05) is 5.32 Å². The summed E-state index contributed by atoms with van der Waals surface area (Å²) in [6.07, 6.45) is 0.858. The van der Waals surface area contributed by atoms with Crippen molar-refractivity contribution in [3.63, 3.8) is 0 Å². The molecule has 0 saturated heterocycles. The van der Waals surface area contributed by atoms with Gasteiger partial charge in [-0.25, -0.2) is 9.78 Å². The number of halogens is 1. The minimum Gasteiger partial charge on any atom is -0.444 e. The van der Waals surface area contributed by atoms with Gasteiger partial charge in [0, 0.05) is 10.7 Å². The molecule has 1 aromatic rings. The fourth-order valence-electron chi connectivity index (χ4n) is 1.02. The van der Waals surface area contributed by atoms with Crippen LogP contribution in [0.5, 0.6) is 0 Å². The smallest absolute Gasteiger partial charge is 0.413 e. The molecule has 0 spiro atoms. The highest BCUT2D eigenvalue weighted by Gasteiger charge is 2.17.